The summed E-state index contributed by atoms with van der Waals surface area (Å²) in [6.45, 7) is -0.415. The smallest absolute Gasteiger partial charge is 0.323 e. The SMILES string of the molecule is C#CCN(CC(=O)O)c1ccc(Br)cc1[N+](=O)[O-]. The normalized spacial score (nSPS) is 9.56. The molecule has 0 radical (unpaired) electrons. The second-order valence-corrected chi connectivity index (χ2v) is 4.26. The Labute approximate surface area is 111 Å². The second kappa shape index (κ2) is 6.02. The van der Waals surface area contributed by atoms with E-state index in [1.165, 1.54) is 17.0 Å². The van der Waals surface area contributed by atoms with Crippen molar-refractivity contribution >= 4 is 33.3 Å². The molecule has 1 rings (SSSR count). The summed E-state index contributed by atoms with van der Waals surface area (Å²) in [5, 5.41) is 19.7. The maximum absolute atomic E-state index is 10.9. The van der Waals surface area contributed by atoms with Crippen molar-refractivity contribution < 1.29 is 14.8 Å². The average molecular weight is 313 g/mol. The number of anilines is 1. The van der Waals surface area contributed by atoms with Crippen LogP contribution in [0.25, 0.3) is 0 Å². The number of hydrogen-bond donors (Lipinski definition) is 1. The lowest BCUT2D eigenvalue weighted by Crippen LogP contribution is -2.30. The fraction of sp³-hybridized carbons (Fsp3) is 0.182. The van der Waals surface area contributed by atoms with E-state index in [1.807, 2.05) is 0 Å². The molecule has 0 atom stereocenters. The van der Waals surface area contributed by atoms with Crippen LogP contribution in [0.3, 0.4) is 0 Å². The summed E-state index contributed by atoms with van der Waals surface area (Å²) in [6, 6.07) is 4.36. The summed E-state index contributed by atoms with van der Waals surface area (Å²) in [6.07, 6.45) is 5.13. The molecule has 6 nitrogen and oxygen atoms in total. The molecule has 0 bridgehead atoms. The Kier molecular flexibility index (Phi) is 4.68. The van der Waals surface area contributed by atoms with Gasteiger partial charge in [0, 0.05) is 10.5 Å². The number of nitro groups is 1. The van der Waals surface area contributed by atoms with Gasteiger partial charge in [0.05, 0.1) is 11.5 Å². The summed E-state index contributed by atoms with van der Waals surface area (Å²) < 4.78 is 0.536. The molecular weight excluding hydrogens is 304 g/mol. The van der Waals surface area contributed by atoms with Crippen molar-refractivity contribution in [1.82, 2.24) is 0 Å². The Hall–Kier alpha value is -2.07. The Morgan fingerprint density at radius 1 is 1.61 bits per heavy atom. The minimum absolute atomic E-state index is 0.0191. The van der Waals surface area contributed by atoms with Gasteiger partial charge >= 0.3 is 5.97 Å². The van der Waals surface area contributed by atoms with Crippen LogP contribution in [-0.2, 0) is 4.79 Å². The van der Waals surface area contributed by atoms with Crippen LogP contribution in [0.5, 0.6) is 0 Å². The fourth-order valence-electron chi connectivity index (χ4n) is 1.41. The molecule has 0 spiro atoms. The van der Waals surface area contributed by atoms with E-state index in [0.717, 1.165) is 0 Å². The predicted molar refractivity (Wildman–Crippen MR) is 69.5 cm³/mol. The van der Waals surface area contributed by atoms with Gasteiger partial charge in [-0.1, -0.05) is 21.9 Å². The van der Waals surface area contributed by atoms with Crippen molar-refractivity contribution in [3.63, 3.8) is 0 Å². The lowest BCUT2D eigenvalue weighted by molar-refractivity contribution is -0.384. The van der Waals surface area contributed by atoms with Crippen molar-refractivity contribution in [2.75, 3.05) is 18.0 Å². The summed E-state index contributed by atoms with van der Waals surface area (Å²) in [7, 11) is 0. The van der Waals surface area contributed by atoms with E-state index in [-0.39, 0.29) is 17.9 Å². The zero-order valence-electron chi connectivity index (χ0n) is 9.17. The van der Waals surface area contributed by atoms with E-state index in [1.54, 1.807) is 6.07 Å². The average Bonchev–Trinajstić information content (AvgIpc) is 2.27. The summed E-state index contributed by atoms with van der Waals surface area (Å²) in [5.41, 5.74) is -0.00979. The number of carboxylic acids is 1. The Morgan fingerprint density at radius 3 is 2.78 bits per heavy atom. The summed E-state index contributed by atoms with van der Waals surface area (Å²) in [4.78, 5) is 22.3. The molecule has 1 N–H and O–H groups in total. The minimum atomic E-state index is -1.11. The van der Waals surface area contributed by atoms with Gasteiger partial charge in [0.2, 0.25) is 0 Å². The van der Waals surface area contributed by atoms with Gasteiger partial charge in [-0.05, 0) is 12.1 Å². The van der Waals surface area contributed by atoms with Crippen molar-refractivity contribution in [3.8, 4) is 12.3 Å². The highest BCUT2D eigenvalue weighted by molar-refractivity contribution is 9.10. The summed E-state index contributed by atoms with van der Waals surface area (Å²) in [5.74, 6) is 1.17. The standard InChI is InChI=1S/C11H9BrN2O4/c1-2-5-13(7-11(15)16)9-4-3-8(12)6-10(9)14(17)18/h1,3-4,6H,5,7H2,(H,15,16). The van der Waals surface area contributed by atoms with Crippen LogP contribution in [0.15, 0.2) is 22.7 Å². The number of nitro benzene ring substituents is 1. The molecule has 0 unspecified atom stereocenters. The number of terminal acetylenes is 1. The monoisotopic (exact) mass is 312 g/mol. The predicted octanol–water partition coefficient (Wildman–Crippen LogP) is 1.88. The van der Waals surface area contributed by atoms with Crippen molar-refractivity contribution in [3.05, 3.63) is 32.8 Å². The number of nitrogens with zero attached hydrogens (tertiary/aromatic N) is 2. The largest absolute Gasteiger partial charge is 0.480 e. The molecule has 0 aliphatic heterocycles. The van der Waals surface area contributed by atoms with Crippen molar-refractivity contribution in [2.24, 2.45) is 0 Å². The van der Waals surface area contributed by atoms with Gasteiger partial charge in [0.25, 0.3) is 5.69 Å². The Bertz CT molecular complexity index is 524. The van der Waals surface area contributed by atoms with E-state index >= 15 is 0 Å². The van der Waals surface area contributed by atoms with E-state index in [9.17, 15) is 14.9 Å². The van der Waals surface area contributed by atoms with Crippen LogP contribution >= 0.6 is 15.9 Å². The first kappa shape index (κ1) is 14.0. The number of aliphatic carboxylic acids is 1. The van der Waals surface area contributed by atoms with Crippen molar-refractivity contribution in [1.29, 1.82) is 0 Å². The maximum atomic E-state index is 10.9. The summed E-state index contributed by atoms with van der Waals surface area (Å²) >= 11 is 3.12. The minimum Gasteiger partial charge on any atom is -0.480 e. The molecule has 0 aliphatic carbocycles. The Morgan fingerprint density at radius 2 is 2.28 bits per heavy atom. The molecule has 0 amide bonds. The topological polar surface area (TPSA) is 83.7 Å². The second-order valence-electron chi connectivity index (χ2n) is 3.34. The molecule has 0 aliphatic rings. The molecule has 0 fully saturated rings. The molecule has 0 saturated heterocycles. The molecule has 7 heteroatoms. The van der Waals surface area contributed by atoms with Gasteiger partial charge in [0.1, 0.15) is 12.2 Å². The lowest BCUT2D eigenvalue weighted by atomic mass is 10.2. The molecule has 94 valence electrons. The number of hydrogen-bond acceptors (Lipinski definition) is 4. The highest BCUT2D eigenvalue weighted by Gasteiger charge is 2.20. The van der Waals surface area contributed by atoms with E-state index < -0.39 is 17.4 Å². The van der Waals surface area contributed by atoms with Gasteiger partial charge in [0.15, 0.2) is 0 Å². The van der Waals surface area contributed by atoms with Crippen LogP contribution < -0.4 is 4.90 Å². The molecule has 18 heavy (non-hydrogen) atoms. The molecule has 0 saturated carbocycles. The van der Waals surface area contributed by atoms with Gasteiger partial charge < -0.3 is 10.0 Å². The lowest BCUT2D eigenvalue weighted by Gasteiger charge is -2.19. The number of halogens is 1. The molecule has 1 aromatic rings. The van der Waals surface area contributed by atoms with Gasteiger partial charge in [-0.25, -0.2) is 0 Å². The van der Waals surface area contributed by atoms with Crippen LogP contribution in [0.2, 0.25) is 0 Å². The number of carboxylic acid groups (broad SMARTS) is 1. The zero-order chi connectivity index (χ0) is 13.7. The third kappa shape index (κ3) is 3.46. The van der Waals surface area contributed by atoms with Gasteiger partial charge in [-0.2, -0.15) is 0 Å². The number of rotatable bonds is 5. The fourth-order valence-corrected chi connectivity index (χ4v) is 1.76. The maximum Gasteiger partial charge on any atom is 0.323 e. The number of carbonyl (C=O) groups is 1. The first-order valence-electron chi connectivity index (χ1n) is 4.80. The zero-order valence-corrected chi connectivity index (χ0v) is 10.8. The first-order valence-corrected chi connectivity index (χ1v) is 5.59. The van der Waals surface area contributed by atoms with Crippen molar-refractivity contribution in [2.45, 2.75) is 0 Å². The molecule has 1 aromatic carbocycles. The van der Waals surface area contributed by atoms with E-state index in [4.69, 9.17) is 11.5 Å². The van der Waals surface area contributed by atoms with Gasteiger partial charge in [-0.15, -0.1) is 6.42 Å². The van der Waals surface area contributed by atoms with Crippen LogP contribution in [0.4, 0.5) is 11.4 Å². The highest BCUT2D eigenvalue weighted by Crippen LogP contribution is 2.30. The Balaban J connectivity index is 3.22. The van der Waals surface area contributed by atoms with Crippen LogP contribution in [0, 0.1) is 22.5 Å². The third-order valence-corrected chi connectivity index (χ3v) is 2.58. The molecule has 0 heterocycles. The molecule has 0 aromatic heterocycles. The molecular formula is C11H9BrN2O4. The highest BCUT2D eigenvalue weighted by atomic mass is 79.9. The van der Waals surface area contributed by atoms with Gasteiger partial charge in [-0.3, -0.25) is 14.9 Å². The van der Waals surface area contributed by atoms with Crippen LogP contribution in [-0.4, -0.2) is 29.1 Å². The van der Waals surface area contributed by atoms with E-state index in [0.29, 0.717) is 4.47 Å². The number of benzene rings is 1. The van der Waals surface area contributed by atoms with E-state index in [2.05, 4.69) is 21.9 Å². The third-order valence-electron chi connectivity index (χ3n) is 2.08. The first-order chi connectivity index (χ1) is 8.45. The van der Waals surface area contributed by atoms with Crippen LogP contribution in [0.1, 0.15) is 0 Å². The quantitative estimate of drug-likeness (QED) is 0.510.